The molecule has 0 saturated carbocycles. The summed E-state index contributed by atoms with van der Waals surface area (Å²) in [6, 6.07) is 14.3. The van der Waals surface area contributed by atoms with Gasteiger partial charge in [0.1, 0.15) is 6.54 Å². The van der Waals surface area contributed by atoms with Crippen LogP contribution in [0.25, 0.3) is 0 Å². The van der Waals surface area contributed by atoms with E-state index in [1.165, 1.54) is 6.21 Å². The van der Waals surface area contributed by atoms with Gasteiger partial charge in [0.05, 0.1) is 18.2 Å². The minimum atomic E-state index is -3.61. The zero-order valence-corrected chi connectivity index (χ0v) is 16.2. The topological polar surface area (TPSA) is 78.8 Å². The van der Waals surface area contributed by atoms with E-state index in [-0.39, 0.29) is 6.54 Å². The Morgan fingerprint density at radius 2 is 1.92 bits per heavy atom. The lowest BCUT2D eigenvalue weighted by atomic mass is 10.2. The van der Waals surface area contributed by atoms with E-state index in [0.717, 1.165) is 26.2 Å². The zero-order chi connectivity index (χ0) is 18.4. The average Bonchev–Trinajstić information content (AvgIpc) is 2.53. The third-order valence-corrected chi connectivity index (χ3v) is 4.90. The van der Waals surface area contributed by atoms with Crippen molar-refractivity contribution >= 4 is 43.8 Å². The summed E-state index contributed by atoms with van der Waals surface area (Å²) in [7, 11) is -3.61. The molecule has 0 bridgehead atoms. The molecule has 1 amide bonds. The van der Waals surface area contributed by atoms with Gasteiger partial charge in [0.15, 0.2) is 0 Å². The second kappa shape index (κ2) is 8.26. The number of amides is 1. The minimum absolute atomic E-state index is 0.361. The highest BCUT2D eigenvalue weighted by atomic mass is 79.9. The van der Waals surface area contributed by atoms with Crippen molar-refractivity contribution in [2.45, 2.75) is 6.92 Å². The van der Waals surface area contributed by atoms with Gasteiger partial charge in [-0.3, -0.25) is 9.10 Å². The number of halogens is 1. The number of sulfonamides is 1. The molecule has 0 fully saturated rings. The lowest BCUT2D eigenvalue weighted by Gasteiger charge is -2.21. The van der Waals surface area contributed by atoms with Gasteiger partial charge < -0.3 is 0 Å². The predicted molar refractivity (Wildman–Crippen MR) is 103 cm³/mol. The summed E-state index contributed by atoms with van der Waals surface area (Å²) in [5, 5.41) is 3.86. The number of carbonyl (C=O) groups is 1. The van der Waals surface area contributed by atoms with Gasteiger partial charge in [0, 0.05) is 4.47 Å². The molecule has 6 nitrogen and oxygen atoms in total. The average molecular weight is 424 g/mol. The van der Waals surface area contributed by atoms with Crippen LogP contribution < -0.4 is 9.73 Å². The van der Waals surface area contributed by atoms with Crippen LogP contribution in [0.4, 0.5) is 5.69 Å². The number of carbonyl (C=O) groups excluding carboxylic acids is 1. The number of hydrogen-bond donors (Lipinski definition) is 1. The fourth-order valence-corrected chi connectivity index (χ4v) is 3.26. The molecular weight excluding hydrogens is 406 g/mol. The first kappa shape index (κ1) is 19.1. The Bertz CT molecular complexity index is 880. The van der Waals surface area contributed by atoms with E-state index < -0.39 is 15.9 Å². The smallest absolute Gasteiger partial charge is 0.260 e. The quantitative estimate of drug-likeness (QED) is 0.572. The van der Waals surface area contributed by atoms with Crippen LogP contribution in [0.1, 0.15) is 11.1 Å². The van der Waals surface area contributed by atoms with E-state index in [9.17, 15) is 13.2 Å². The monoisotopic (exact) mass is 423 g/mol. The normalized spacial score (nSPS) is 11.5. The molecule has 0 aliphatic rings. The molecule has 0 aromatic heterocycles. The molecule has 0 unspecified atom stereocenters. The van der Waals surface area contributed by atoms with Gasteiger partial charge >= 0.3 is 0 Å². The Kier molecular flexibility index (Phi) is 6.33. The second-order valence-corrected chi connectivity index (χ2v) is 8.28. The Morgan fingerprint density at radius 3 is 2.52 bits per heavy atom. The summed E-state index contributed by atoms with van der Waals surface area (Å²) in [5.41, 5.74) is 4.70. The van der Waals surface area contributed by atoms with Crippen LogP contribution in [-0.2, 0) is 14.8 Å². The summed E-state index contributed by atoms with van der Waals surface area (Å²) < 4.78 is 25.7. The number of nitrogens with zero attached hydrogens (tertiary/aromatic N) is 2. The first-order chi connectivity index (χ1) is 11.8. The highest BCUT2D eigenvalue weighted by molar-refractivity contribution is 9.10. The lowest BCUT2D eigenvalue weighted by Crippen LogP contribution is -2.39. The molecule has 132 valence electrons. The molecule has 0 heterocycles. The molecule has 25 heavy (non-hydrogen) atoms. The number of hydrazone groups is 1. The largest absolute Gasteiger partial charge is 0.271 e. The maximum Gasteiger partial charge on any atom is 0.260 e. The molecule has 0 aliphatic heterocycles. The Labute approximate surface area is 155 Å². The van der Waals surface area contributed by atoms with E-state index in [0.29, 0.717) is 5.69 Å². The number of nitrogens with one attached hydrogen (secondary N) is 1. The first-order valence-electron chi connectivity index (χ1n) is 7.37. The van der Waals surface area contributed by atoms with E-state index in [1.54, 1.807) is 24.3 Å². The Morgan fingerprint density at radius 1 is 1.24 bits per heavy atom. The van der Waals surface area contributed by atoms with Crippen LogP contribution in [0.2, 0.25) is 0 Å². The van der Waals surface area contributed by atoms with Gasteiger partial charge in [0.2, 0.25) is 10.0 Å². The summed E-state index contributed by atoms with van der Waals surface area (Å²) in [6.07, 6.45) is 2.55. The number of anilines is 1. The van der Waals surface area contributed by atoms with Crippen molar-refractivity contribution in [2.75, 3.05) is 17.1 Å². The number of aryl methyl sites for hydroxylation is 1. The molecule has 0 radical (unpaired) electrons. The highest BCUT2D eigenvalue weighted by Crippen LogP contribution is 2.21. The van der Waals surface area contributed by atoms with Crippen molar-refractivity contribution in [3.8, 4) is 0 Å². The van der Waals surface area contributed by atoms with Crippen LogP contribution in [0.5, 0.6) is 0 Å². The van der Waals surface area contributed by atoms with Crippen LogP contribution in [0.15, 0.2) is 58.1 Å². The van der Waals surface area contributed by atoms with Gasteiger partial charge in [-0.25, -0.2) is 13.8 Å². The molecule has 2 aromatic rings. The number of benzene rings is 2. The van der Waals surface area contributed by atoms with Crippen LogP contribution in [0, 0.1) is 6.92 Å². The van der Waals surface area contributed by atoms with Gasteiger partial charge in [0.25, 0.3) is 5.91 Å². The van der Waals surface area contributed by atoms with Crippen molar-refractivity contribution in [3.05, 3.63) is 64.1 Å². The standard InChI is InChI=1S/C17H18BrN3O3S/c1-13-6-8-14(9-7-13)11-19-20-17(22)12-21(25(2,23)24)16-5-3-4-15(18)10-16/h3-11H,12H2,1-2H3,(H,20,22)/b19-11-. The molecule has 0 atom stereocenters. The van der Waals surface area contributed by atoms with Crippen LogP contribution in [0.3, 0.4) is 0 Å². The summed E-state index contributed by atoms with van der Waals surface area (Å²) in [4.78, 5) is 12.1. The summed E-state index contributed by atoms with van der Waals surface area (Å²) in [5.74, 6) is -0.534. The van der Waals surface area contributed by atoms with E-state index in [4.69, 9.17) is 0 Å². The Hall–Kier alpha value is -2.19. The third-order valence-electron chi connectivity index (χ3n) is 3.26. The van der Waals surface area contributed by atoms with Crippen LogP contribution in [-0.4, -0.2) is 33.3 Å². The molecule has 1 N–H and O–H groups in total. The number of hydrogen-bond acceptors (Lipinski definition) is 4. The van der Waals surface area contributed by atoms with Crippen molar-refractivity contribution in [2.24, 2.45) is 5.10 Å². The SMILES string of the molecule is Cc1ccc(/C=N\NC(=O)CN(c2cccc(Br)c2)S(C)(=O)=O)cc1. The predicted octanol–water partition coefficient (Wildman–Crippen LogP) is 2.67. The van der Waals surface area contributed by atoms with Crippen LogP contribution >= 0.6 is 15.9 Å². The molecular formula is C17H18BrN3O3S. The van der Waals surface area contributed by atoms with E-state index in [2.05, 4.69) is 26.5 Å². The molecule has 0 saturated heterocycles. The molecule has 0 spiro atoms. The third kappa shape index (κ3) is 5.99. The lowest BCUT2D eigenvalue weighted by molar-refractivity contribution is -0.119. The Balaban J connectivity index is 2.06. The van der Waals surface area contributed by atoms with Gasteiger partial charge in [-0.05, 0) is 30.7 Å². The van der Waals surface area contributed by atoms with Gasteiger partial charge in [-0.2, -0.15) is 5.10 Å². The summed E-state index contributed by atoms with van der Waals surface area (Å²) in [6.45, 7) is 1.62. The molecule has 2 aromatic carbocycles. The minimum Gasteiger partial charge on any atom is -0.271 e. The first-order valence-corrected chi connectivity index (χ1v) is 10.0. The fourth-order valence-electron chi connectivity index (χ4n) is 2.03. The van der Waals surface area contributed by atoms with Crippen molar-refractivity contribution < 1.29 is 13.2 Å². The molecule has 0 aliphatic carbocycles. The number of rotatable bonds is 6. The van der Waals surface area contributed by atoms with E-state index in [1.807, 2.05) is 31.2 Å². The highest BCUT2D eigenvalue weighted by Gasteiger charge is 2.20. The maximum absolute atomic E-state index is 12.1. The fraction of sp³-hybridized carbons (Fsp3) is 0.176. The van der Waals surface area contributed by atoms with Crippen molar-refractivity contribution in [1.29, 1.82) is 0 Å². The van der Waals surface area contributed by atoms with Crippen molar-refractivity contribution in [1.82, 2.24) is 5.43 Å². The molecule has 2 rings (SSSR count). The summed E-state index contributed by atoms with van der Waals surface area (Å²) >= 11 is 3.29. The maximum atomic E-state index is 12.1. The zero-order valence-electron chi connectivity index (χ0n) is 13.8. The van der Waals surface area contributed by atoms with Gasteiger partial charge in [-0.15, -0.1) is 0 Å². The van der Waals surface area contributed by atoms with Crippen molar-refractivity contribution in [3.63, 3.8) is 0 Å². The molecule has 8 heteroatoms. The van der Waals surface area contributed by atoms with Gasteiger partial charge in [-0.1, -0.05) is 51.8 Å². The second-order valence-electron chi connectivity index (χ2n) is 5.45. The van der Waals surface area contributed by atoms with E-state index >= 15 is 0 Å².